The van der Waals surface area contributed by atoms with Crippen LogP contribution in [0.3, 0.4) is 0 Å². The summed E-state index contributed by atoms with van der Waals surface area (Å²) in [6.07, 6.45) is 5.16. The Labute approximate surface area is 166 Å². The van der Waals surface area contributed by atoms with Crippen LogP contribution in [0.25, 0.3) is 0 Å². The molecular weight excluding hydrogens is 356 g/mol. The molecule has 2 atom stereocenters. The van der Waals surface area contributed by atoms with E-state index in [0.29, 0.717) is 11.8 Å². The maximum Gasteiger partial charge on any atom is 0.407 e. The maximum absolute atomic E-state index is 11.7. The van der Waals surface area contributed by atoms with Gasteiger partial charge in [0.15, 0.2) is 5.82 Å². The first-order valence-corrected chi connectivity index (χ1v) is 9.82. The second-order valence-electron chi connectivity index (χ2n) is 8.68. The fraction of sp³-hybridized carbons (Fsp3) is 0.600. The first kappa shape index (κ1) is 20.1. The van der Waals surface area contributed by atoms with Crippen molar-refractivity contribution in [2.75, 3.05) is 5.32 Å². The van der Waals surface area contributed by atoms with E-state index in [0.717, 1.165) is 25.0 Å². The molecule has 0 aliphatic heterocycles. The van der Waals surface area contributed by atoms with Gasteiger partial charge in [-0.3, -0.25) is 4.68 Å². The first-order chi connectivity index (χ1) is 13.2. The molecule has 0 unspecified atom stereocenters. The third-order valence-electron chi connectivity index (χ3n) is 5.17. The number of aromatic nitrogens is 4. The molecule has 1 aliphatic rings. The van der Waals surface area contributed by atoms with E-state index in [1.165, 1.54) is 0 Å². The van der Waals surface area contributed by atoms with E-state index in [9.17, 15) is 9.90 Å². The number of nitrogens with zero attached hydrogens (tertiary/aromatic N) is 5. The molecule has 0 saturated heterocycles. The minimum Gasteiger partial charge on any atom is -0.465 e. The summed E-state index contributed by atoms with van der Waals surface area (Å²) in [5.41, 5.74) is 0.942. The lowest BCUT2D eigenvalue weighted by molar-refractivity contribution is 0.108. The zero-order valence-corrected chi connectivity index (χ0v) is 17.3. The van der Waals surface area contributed by atoms with Gasteiger partial charge in [0, 0.05) is 42.2 Å². The third-order valence-corrected chi connectivity index (χ3v) is 5.17. The summed E-state index contributed by atoms with van der Waals surface area (Å²) in [6.45, 7) is 10.2. The van der Waals surface area contributed by atoms with Crippen LogP contribution in [-0.2, 0) is 5.54 Å². The predicted octanol–water partition coefficient (Wildman–Crippen LogP) is 4.20. The lowest BCUT2D eigenvalue weighted by atomic mass is 10.0. The second-order valence-corrected chi connectivity index (χ2v) is 8.68. The molecule has 1 amide bonds. The van der Waals surface area contributed by atoms with Gasteiger partial charge < -0.3 is 15.3 Å². The Bertz CT molecular complexity index is 812. The van der Waals surface area contributed by atoms with Gasteiger partial charge in [-0.2, -0.15) is 5.10 Å². The van der Waals surface area contributed by atoms with Crippen molar-refractivity contribution in [2.24, 2.45) is 0 Å². The normalized spacial score (nSPS) is 19.8. The van der Waals surface area contributed by atoms with Crippen LogP contribution in [0.15, 0.2) is 24.5 Å². The van der Waals surface area contributed by atoms with Crippen molar-refractivity contribution >= 4 is 17.9 Å². The first-order valence-electron chi connectivity index (χ1n) is 9.82. The number of hydrogen-bond donors (Lipinski definition) is 2. The van der Waals surface area contributed by atoms with Crippen LogP contribution in [0, 0.1) is 0 Å². The minimum absolute atomic E-state index is 0.0266. The van der Waals surface area contributed by atoms with Gasteiger partial charge in [0.1, 0.15) is 0 Å². The Kier molecular flexibility index (Phi) is 5.58. The van der Waals surface area contributed by atoms with E-state index in [4.69, 9.17) is 5.10 Å². The van der Waals surface area contributed by atoms with E-state index in [1.54, 1.807) is 23.4 Å². The van der Waals surface area contributed by atoms with E-state index in [1.807, 2.05) is 18.5 Å². The van der Waals surface area contributed by atoms with Gasteiger partial charge in [0.25, 0.3) is 0 Å². The molecule has 1 fully saturated rings. The fourth-order valence-electron chi connectivity index (χ4n) is 4.04. The molecule has 8 nitrogen and oxygen atoms in total. The number of amides is 1. The highest BCUT2D eigenvalue weighted by Crippen LogP contribution is 2.40. The van der Waals surface area contributed by atoms with Crippen LogP contribution < -0.4 is 5.32 Å². The molecular formula is C20H30N6O2. The number of nitrogens with one attached hydrogen (secondary N) is 1. The van der Waals surface area contributed by atoms with Crippen LogP contribution in [0.2, 0.25) is 0 Å². The minimum atomic E-state index is -0.839. The molecule has 0 aromatic carbocycles. The molecule has 2 N–H and O–H groups in total. The van der Waals surface area contributed by atoms with Crippen LogP contribution in [0.4, 0.5) is 16.6 Å². The van der Waals surface area contributed by atoms with E-state index < -0.39 is 6.09 Å². The average Bonchev–Trinajstić information content (AvgIpc) is 3.22. The number of carboxylic acid groups (broad SMARTS) is 1. The predicted molar refractivity (Wildman–Crippen MR) is 108 cm³/mol. The molecule has 2 aromatic heterocycles. The van der Waals surface area contributed by atoms with Gasteiger partial charge in [-0.15, -0.1) is 0 Å². The molecule has 8 heteroatoms. The summed E-state index contributed by atoms with van der Waals surface area (Å²) in [5, 5.41) is 17.5. The summed E-state index contributed by atoms with van der Waals surface area (Å²) >= 11 is 0. The molecule has 152 valence electrons. The Morgan fingerprint density at radius 3 is 2.54 bits per heavy atom. The Balaban J connectivity index is 1.86. The Morgan fingerprint density at radius 2 is 1.96 bits per heavy atom. The number of carbonyl (C=O) groups is 1. The highest BCUT2D eigenvalue weighted by Gasteiger charge is 2.36. The zero-order chi connectivity index (χ0) is 20.5. The molecule has 3 rings (SSSR count). The van der Waals surface area contributed by atoms with Crippen molar-refractivity contribution in [3.63, 3.8) is 0 Å². The molecule has 1 aliphatic carbocycles. The highest BCUT2D eigenvalue weighted by molar-refractivity contribution is 5.66. The fourth-order valence-corrected chi connectivity index (χ4v) is 4.04. The summed E-state index contributed by atoms with van der Waals surface area (Å²) in [4.78, 5) is 21.7. The number of anilines is 2. The quantitative estimate of drug-likeness (QED) is 0.800. The average molecular weight is 387 g/mol. The maximum atomic E-state index is 11.7. The van der Waals surface area contributed by atoms with E-state index in [-0.39, 0.29) is 23.5 Å². The van der Waals surface area contributed by atoms with Crippen LogP contribution in [0.1, 0.15) is 65.5 Å². The topological polar surface area (TPSA) is 96.2 Å². The van der Waals surface area contributed by atoms with E-state index >= 15 is 0 Å². The number of rotatable bonds is 5. The summed E-state index contributed by atoms with van der Waals surface area (Å²) in [7, 11) is 0. The molecule has 1 saturated carbocycles. The van der Waals surface area contributed by atoms with Crippen molar-refractivity contribution in [3.05, 3.63) is 30.2 Å². The van der Waals surface area contributed by atoms with Gasteiger partial charge in [0.05, 0.1) is 5.54 Å². The van der Waals surface area contributed by atoms with Gasteiger partial charge >= 0.3 is 6.09 Å². The van der Waals surface area contributed by atoms with Crippen LogP contribution in [-0.4, -0.2) is 47.9 Å². The molecule has 0 radical (unpaired) electrons. The third kappa shape index (κ3) is 4.26. The standard InChI is InChI=1S/C20H30N6O2/c1-13(2)25(19(27)28)15-8-7-14(11-15)16-12-17(24-26(16)20(3,4)5)23-18-21-9-6-10-22-18/h6,9-10,12-15H,7-8,11H2,1-5H3,(H,27,28)(H,21,22,23,24)/t14-,15+/m1/s1. The van der Waals surface area contributed by atoms with Crippen molar-refractivity contribution in [2.45, 2.75) is 77.4 Å². The van der Waals surface area contributed by atoms with Crippen molar-refractivity contribution in [1.29, 1.82) is 0 Å². The Morgan fingerprint density at radius 1 is 1.29 bits per heavy atom. The highest BCUT2D eigenvalue weighted by atomic mass is 16.4. The summed E-state index contributed by atoms with van der Waals surface area (Å²) in [5.74, 6) is 1.48. The smallest absolute Gasteiger partial charge is 0.407 e. The molecule has 0 bridgehead atoms. The second kappa shape index (κ2) is 7.77. The summed E-state index contributed by atoms with van der Waals surface area (Å²) in [6, 6.07) is 3.84. The van der Waals surface area contributed by atoms with Crippen molar-refractivity contribution in [1.82, 2.24) is 24.6 Å². The Hall–Kier alpha value is -2.64. The van der Waals surface area contributed by atoms with Gasteiger partial charge in [-0.25, -0.2) is 14.8 Å². The lowest BCUT2D eigenvalue weighted by Crippen LogP contribution is -2.42. The lowest BCUT2D eigenvalue weighted by Gasteiger charge is -2.30. The van der Waals surface area contributed by atoms with Crippen molar-refractivity contribution in [3.8, 4) is 0 Å². The number of hydrogen-bond acceptors (Lipinski definition) is 5. The van der Waals surface area contributed by atoms with E-state index in [2.05, 4.69) is 42.1 Å². The van der Waals surface area contributed by atoms with Gasteiger partial charge in [-0.05, 0) is 59.9 Å². The summed E-state index contributed by atoms with van der Waals surface area (Å²) < 4.78 is 2.05. The largest absolute Gasteiger partial charge is 0.465 e. The molecule has 28 heavy (non-hydrogen) atoms. The monoisotopic (exact) mass is 386 g/mol. The SMILES string of the molecule is CC(C)N(C(=O)O)[C@H]1CC[C@@H](c2cc(Nc3ncccn3)nn2C(C)(C)C)C1. The van der Waals surface area contributed by atoms with Crippen molar-refractivity contribution < 1.29 is 9.90 Å². The van der Waals surface area contributed by atoms with Crippen LogP contribution in [0.5, 0.6) is 0 Å². The van der Waals surface area contributed by atoms with Gasteiger partial charge in [-0.1, -0.05) is 0 Å². The zero-order valence-electron chi connectivity index (χ0n) is 17.3. The van der Waals surface area contributed by atoms with Crippen LogP contribution >= 0.6 is 0 Å². The molecule has 0 spiro atoms. The van der Waals surface area contributed by atoms with Gasteiger partial charge in [0.2, 0.25) is 5.95 Å². The molecule has 2 aromatic rings. The molecule has 2 heterocycles.